The van der Waals surface area contributed by atoms with Gasteiger partial charge in [0.2, 0.25) is 0 Å². The summed E-state index contributed by atoms with van der Waals surface area (Å²) in [6, 6.07) is 8.28. The second-order valence-corrected chi connectivity index (χ2v) is 5.55. The average molecular weight is 263 g/mol. The summed E-state index contributed by atoms with van der Waals surface area (Å²) in [5.41, 5.74) is 1.25. The highest BCUT2D eigenvalue weighted by atomic mass is 35.5. The predicted molar refractivity (Wildman–Crippen MR) is 77.2 cm³/mol. The fourth-order valence-electron chi connectivity index (χ4n) is 2.78. The Morgan fingerprint density at radius 3 is 2.67 bits per heavy atom. The molecule has 1 aliphatic rings. The van der Waals surface area contributed by atoms with Crippen LogP contribution in [0, 0.1) is 0 Å². The molecule has 0 unspecified atom stereocenters. The van der Waals surface area contributed by atoms with Gasteiger partial charge in [0, 0.05) is 29.8 Å². The quantitative estimate of drug-likeness (QED) is 0.817. The third kappa shape index (κ3) is 2.55. The standard InChI is InChI=1S/C15H19ClN2/c16-14-5-4-13-6-9-18(15(13)12-14)11-10-17-7-2-1-3-8-17/h4-6,9,12H,1-3,7-8,10-11H2. The molecule has 1 aromatic carbocycles. The van der Waals surface area contributed by atoms with E-state index in [0.717, 1.165) is 18.1 Å². The molecule has 2 heterocycles. The monoisotopic (exact) mass is 262 g/mol. The molecule has 18 heavy (non-hydrogen) atoms. The Balaban J connectivity index is 1.72. The van der Waals surface area contributed by atoms with Gasteiger partial charge in [0.05, 0.1) is 0 Å². The van der Waals surface area contributed by atoms with Gasteiger partial charge in [-0.15, -0.1) is 0 Å². The Labute approximate surface area is 113 Å². The third-order valence-electron chi connectivity index (χ3n) is 3.84. The zero-order valence-electron chi connectivity index (χ0n) is 10.6. The van der Waals surface area contributed by atoms with Gasteiger partial charge in [0.15, 0.2) is 0 Å². The van der Waals surface area contributed by atoms with Crippen LogP contribution in [0.15, 0.2) is 30.5 Å². The zero-order valence-corrected chi connectivity index (χ0v) is 11.4. The van der Waals surface area contributed by atoms with Crippen LogP contribution in [0.4, 0.5) is 0 Å². The molecule has 3 rings (SSSR count). The van der Waals surface area contributed by atoms with Crippen molar-refractivity contribution in [2.45, 2.75) is 25.8 Å². The van der Waals surface area contributed by atoms with E-state index < -0.39 is 0 Å². The van der Waals surface area contributed by atoms with Crippen LogP contribution in [0.25, 0.3) is 10.9 Å². The van der Waals surface area contributed by atoms with E-state index in [-0.39, 0.29) is 0 Å². The highest BCUT2D eigenvalue weighted by Crippen LogP contribution is 2.20. The Hall–Kier alpha value is -0.990. The number of piperidine rings is 1. The van der Waals surface area contributed by atoms with Crippen LogP contribution in [0.2, 0.25) is 5.02 Å². The van der Waals surface area contributed by atoms with Crippen LogP contribution in [0.3, 0.4) is 0 Å². The first-order chi connectivity index (χ1) is 8.83. The van der Waals surface area contributed by atoms with Gasteiger partial charge in [-0.3, -0.25) is 0 Å². The van der Waals surface area contributed by atoms with Crippen molar-refractivity contribution in [3.63, 3.8) is 0 Å². The van der Waals surface area contributed by atoms with Crippen molar-refractivity contribution >= 4 is 22.5 Å². The van der Waals surface area contributed by atoms with E-state index in [4.69, 9.17) is 11.6 Å². The van der Waals surface area contributed by atoms with E-state index in [9.17, 15) is 0 Å². The molecule has 0 spiro atoms. The SMILES string of the molecule is Clc1ccc2ccn(CCN3CCCCC3)c2c1. The number of aromatic nitrogens is 1. The minimum Gasteiger partial charge on any atom is -0.346 e. The maximum absolute atomic E-state index is 6.07. The van der Waals surface area contributed by atoms with Crippen LogP contribution >= 0.6 is 11.6 Å². The fraction of sp³-hybridized carbons (Fsp3) is 0.467. The van der Waals surface area contributed by atoms with Crippen LogP contribution in [0.5, 0.6) is 0 Å². The number of halogens is 1. The molecule has 2 aromatic rings. The summed E-state index contributed by atoms with van der Waals surface area (Å²) < 4.78 is 2.32. The van der Waals surface area contributed by atoms with Crippen LogP contribution in [-0.2, 0) is 6.54 Å². The summed E-state index contributed by atoms with van der Waals surface area (Å²) in [4.78, 5) is 2.57. The number of benzene rings is 1. The molecule has 0 saturated carbocycles. The molecule has 2 nitrogen and oxygen atoms in total. The van der Waals surface area contributed by atoms with E-state index in [1.54, 1.807) is 0 Å². The fourth-order valence-corrected chi connectivity index (χ4v) is 2.95. The number of fused-ring (bicyclic) bond motifs is 1. The van der Waals surface area contributed by atoms with Gasteiger partial charge in [-0.2, -0.15) is 0 Å². The number of hydrogen-bond donors (Lipinski definition) is 0. The van der Waals surface area contributed by atoms with Gasteiger partial charge < -0.3 is 9.47 Å². The molecule has 0 N–H and O–H groups in total. The summed E-state index contributed by atoms with van der Waals surface area (Å²) in [5, 5.41) is 2.10. The van der Waals surface area contributed by atoms with Crippen molar-refractivity contribution < 1.29 is 0 Å². The molecule has 1 aliphatic heterocycles. The molecule has 0 amide bonds. The second kappa shape index (κ2) is 5.33. The number of nitrogens with zero attached hydrogens (tertiary/aromatic N) is 2. The van der Waals surface area contributed by atoms with Crippen molar-refractivity contribution in [2.24, 2.45) is 0 Å². The van der Waals surface area contributed by atoms with Crippen molar-refractivity contribution in [2.75, 3.05) is 19.6 Å². The highest BCUT2D eigenvalue weighted by molar-refractivity contribution is 6.31. The van der Waals surface area contributed by atoms with Crippen molar-refractivity contribution in [1.29, 1.82) is 0 Å². The van der Waals surface area contributed by atoms with Gasteiger partial charge in [-0.25, -0.2) is 0 Å². The molecule has 3 heteroatoms. The normalized spacial score (nSPS) is 17.4. The first-order valence-electron chi connectivity index (χ1n) is 6.80. The first kappa shape index (κ1) is 12.1. The van der Waals surface area contributed by atoms with Crippen molar-refractivity contribution in [1.82, 2.24) is 9.47 Å². The summed E-state index contributed by atoms with van der Waals surface area (Å²) >= 11 is 6.07. The van der Waals surface area contributed by atoms with Gasteiger partial charge in [0.1, 0.15) is 0 Å². The largest absolute Gasteiger partial charge is 0.346 e. The van der Waals surface area contributed by atoms with E-state index >= 15 is 0 Å². The van der Waals surface area contributed by atoms with Crippen molar-refractivity contribution in [3.05, 3.63) is 35.5 Å². The smallest absolute Gasteiger partial charge is 0.0495 e. The number of hydrogen-bond acceptors (Lipinski definition) is 1. The zero-order chi connectivity index (χ0) is 12.4. The second-order valence-electron chi connectivity index (χ2n) is 5.11. The molecule has 0 radical (unpaired) electrons. The predicted octanol–water partition coefficient (Wildman–Crippen LogP) is 3.78. The van der Waals surface area contributed by atoms with E-state index in [0.29, 0.717) is 0 Å². The highest BCUT2D eigenvalue weighted by Gasteiger charge is 2.10. The molecular formula is C15H19ClN2. The lowest BCUT2D eigenvalue weighted by molar-refractivity contribution is 0.221. The van der Waals surface area contributed by atoms with E-state index in [2.05, 4.69) is 33.9 Å². The molecular weight excluding hydrogens is 244 g/mol. The molecule has 0 bridgehead atoms. The molecule has 1 aromatic heterocycles. The van der Waals surface area contributed by atoms with Crippen LogP contribution in [-0.4, -0.2) is 29.1 Å². The first-order valence-corrected chi connectivity index (χ1v) is 7.17. The summed E-state index contributed by atoms with van der Waals surface area (Å²) in [7, 11) is 0. The Kier molecular flexibility index (Phi) is 3.57. The number of rotatable bonds is 3. The maximum Gasteiger partial charge on any atom is 0.0495 e. The van der Waals surface area contributed by atoms with E-state index in [1.165, 1.54) is 43.3 Å². The lowest BCUT2D eigenvalue weighted by Crippen LogP contribution is -2.32. The van der Waals surface area contributed by atoms with E-state index in [1.807, 2.05) is 6.07 Å². The van der Waals surface area contributed by atoms with Gasteiger partial charge in [-0.1, -0.05) is 24.1 Å². The third-order valence-corrected chi connectivity index (χ3v) is 4.08. The van der Waals surface area contributed by atoms with Crippen LogP contribution in [0.1, 0.15) is 19.3 Å². The summed E-state index contributed by atoms with van der Waals surface area (Å²) in [6.07, 6.45) is 6.29. The summed E-state index contributed by atoms with van der Waals surface area (Å²) in [6.45, 7) is 4.74. The molecule has 1 saturated heterocycles. The minimum absolute atomic E-state index is 0.820. The molecule has 96 valence electrons. The van der Waals surface area contributed by atoms with Gasteiger partial charge in [0.25, 0.3) is 0 Å². The van der Waals surface area contributed by atoms with Crippen molar-refractivity contribution in [3.8, 4) is 0 Å². The number of likely N-dealkylation sites (tertiary alicyclic amines) is 1. The molecule has 0 aliphatic carbocycles. The van der Waals surface area contributed by atoms with Gasteiger partial charge in [-0.05, 0) is 49.5 Å². The van der Waals surface area contributed by atoms with Gasteiger partial charge >= 0.3 is 0 Å². The Morgan fingerprint density at radius 2 is 1.83 bits per heavy atom. The maximum atomic E-state index is 6.07. The Morgan fingerprint density at radius 1 is 1.00 bits per heavy atom. The summed E-state index contributed by atoms with van der Waals surface area (Å²) in [5.74, 6) is 0. The molecule has 1 fully saturated rings. The van der Waals surface area contributed by atoms with Crippen LogP contribution < -0.4 is 0 Å². The Bertz CT molecular complexity index is 526. The minimum atomic E-state index is 0.820. The topological polar surface area (TPSA) is 8.17 Å². The lowest BCUT2D eigenvalue weighted by Gasteiger charge is -2.26. The molecule has 0 atom stereocenters. The lowest BCUT2D eigenvalue weighted by atomic mass is 10.1. The average Bonchev–Trinajstić information content (AvgIpc) is 2.80.